The van der Waals surface area contributed by atoms with E-state index in [4.69, 9.17) is 0 Å². The molecule has 2 aromatic heterocycles. The van der Waals surface area contributed by atoms with Gasteiger partial charge in [-0.05, 0) is 31.0 Å². The van der Waals surface area contributed by atoms with E-state index in [2.05, 4.69) is 20.7 Å². The Morgan fingerprint density at radius 3 is 2.54 bits per heavy atom. The smallest absolute Gasteiger partial charge is 0.270 e. The lowest BCUT2D eigenvalue weighted by molar-refractivity contribution is 0.0948. The maximum atomic E-state index is 12.2. The van der Waals surface area contributed by atoms with Crippen molar-refractivity contribution in [1.29, 1.82) is 0 Å². The fraction of sp³-hybridized carbons (Fsp3) is 0.500. The topological polar surface area (TPSA) is 71.8 Å². The summed E-state index contributed by atoms with van der Waals surface area (Å²) in [7, 11) is 0. The third-order valence-corrected chi connectivity index (χ3v) is 4.40. The molecular formula is C18H27Cl2N5O. The first kappa shape index (κ1) is 22.4. The van der Waals surface area contributed by atoms with E-state index in [9.17, 15) is 4.79 Å². The second kappa shape index (κ2) is 11.9. The number of hydrogen-bond donors (Lipinski definition) is 2. The maximum Gasteiger partial charge on any atom is 0.270 e. The summed E-state index contributed by atoms with van der Waals surface area (Å²) in [6.45, 7) is 1.41. The van der Waals surface area contributed by atoms with Crippen molar-refractivity contribution >= 4 is 30.7 Å². The number of carbonyl (C=O) groups excluding carboxylic acids is 1. The van der Waals surface area contributed by atoms with Crippen LogP contribution in [0.2, 0.25) is 0 Å². The van der Waals surface area contributed by atoms with E-state index in [1.165, 1.54) is 38.5 Å². The largest absolute Gasteiger partial charge is 0.349 e. The molecule has 1 fully saturated rings. The van der Waals surface area contributed by atoms with Gasteiger partial charge < -0.3 is 10.6 Å². The van der Waals surface area contributed by atoms with Crippen molar-refractivity contribution in [1.82, 2.24) is 25.4 Å². The van der Waals surface area contributed by atoms with Crippen molar-refractivity contribution < 1.29 is 4.79 Å². The zero-order valence-corrected chi connectivity index (χ0v) is 16.4. The van der Waals surface area contributed by atoms with Gasteiger partial charge in [-0.25, -0.2) is 9.67 Å². The Hall–Kier alpha value is -1.63. The standard InChI is InChI=1S/C18H25N5O.2ClH/c24-18(20-13-12-19-15-7-3-1-2-4-8-15)16-9-5-10-17(22-16)23-14-6-11-21-23;;/h5-6,9-11,14-15,19H,1-4,7-8,12-13H2,(H,20,24);2*1H. The number of amides is 1. The van der Waals surface area contributed by atoms with Gasteiger partial charge in [-0.15, -0.1) is 24.8 Å². The van der Waals surface area contributed by atoms with Crippen molar-refractivity contribution in [2.45, 2.75) is 44.6 Å². The molecule has 0 radical (unpaired) electrons. The van der Waals surface area contributed by atoms with Crippen LogP contribution in [0.1, 0.15) is 49.0 Å². The highest BCUT2D eigenvalue weighted by Crippen LogP contribution is 2.16. The third-order valence-electron chi connectivity index (χ3n) is 4.40. The average molecular weight is 400 g/mol. The van der Waals surface area contributed by atoms with Gasteiger partial charge >= 0.3 is 0 Å². The van der Waals surface area contributed by atoms with Crippen LogP contribution in [-0.4, -0.2) is 39.8 Å². The van der Waals surface area contributed by atoms with Crippen LogP contribution < -0.4 is 10.6 Å². The molecule has 6 nitrogen and oxygen atoms in total. The number of aromatic nitrogens is 3. The van der Waals surface area contributed by atoms with Gasteiger partial charge in [-0.1, -0.05) is 31.7 Å². The minimum absolute atomic E-state index is 0. The van der Waals surface area contributed by atoms with Gasteiger partial charge in [0, 0.05) is 31.5 Å². The van der Waals surface area contributed by atoms with Crippen LogP contribution in [0.5, 0.6) is 0 Å². The lowest BCUT2D eigenvalue weighted by Gasteiger charge is -2.16. The zero-order valence-electron chi connectivity index (χ0n) is 14.8. The zero-order chi connectivity index (χ0) is 16.6. The monoisotopic (exact) mass is 399 g/mol. The highest BCUT2D eigenvalue weighted by molar-refractivity contribution is 5.92. The minimum Gasteiger partial charge on any atom is -0.349 e. The molecule has 8 heteroatoms. The Morgan fingerprint density at radius 1 is 1.08 bits per heavy atom. The minimum atomic E-state index is -0.147. The summed E-state index contributed by atoms with van der Waals surface area (Å²) >= 11 is 0. The molecule has 0 spiro atoms. The molecule has 1 aliphatic carbocycles. The highest BCUT2D eigenvalue weighted by Gasteiger charge is 2.12. The van der Waals surface area contributed by atoms with Gasteiger partial charge in [0.05, 0.1) is 0 Å². The van der Waals surface area contributed by atoms with Gasteiger partial charge in [0.1, 0.15) is 5.69 Å². The Balaban J connectivity index is 0.00000169. The average Bonchev–Trinajstić information content (AvgIpc) is 3.03. The molecule has 0 unspecified atom stereocenters. The van der Waals surface area contributed by atoms with Crippen LogP contribution >= 0.6 is 24.8 Å². The molecule has 0 aliphatic heterocycles. The Kier molecular flexibility index (Phi) is 10.2. The predicted octanol–water partition coefficient (Wildman–Crippen LogP) is 3.15. The molecule has 2 aromatic rings. The predicted molar refractivity (Wildman–Crippen MR) is 108 cm³/mol. The number of pyridine rings is 1. The molecule has 2 N–H and O–H groups in total. The van der Waals surface area contributed by atoms with E-state index >= 15 is 0 Å². The third kappa shape index (κ3) is 6.59. The molecule has 0 aromatic carbocycles. The van der Waals surface area contributed by atoms with E-state index in [1.807, 2.05) is 18.2 Å². The Morgan fingerprint density at radius 2 is 1.85 bits per heavy atom. The van der Waals surface area contributed by atoms with Crippen molar-refractivity contribution in [2.24, 2.45) is 0 Å². The van der Waals surface area contributed by atoms with Gasteiger partial charge in [0.25, 0.3) is 5.91 Å². The quantitative estimate of drug-likeness (QED) is 0.577. The van der Waals surface area contributed by atoms with Gasteiger partial charge in [0.15, 0.2) is 5.82 Å². The van der Waals surface area contributed by atoms with E-state index in [0.717, 1.165) is 6.54 Å². The highest BCUT2D eigenvalue weighted by atomic mass is 35.5. The normalized spacial score (nSPS) is 14.6. The first-order valence-electron chi connectivity index (χ1n) is 8.81. The Bertz CT molecular complexity index is 643. The van der Waals surface area contributed by atoms with Crippen LogP contribution in [0.4, 0.5) is 0 Å². The summed E-state index contributed by atoms with van der Waals surface area (Å²) in [4.78, 5) is 16.6. The number of halogens is 2. The summed E-state index contributed by atoms with van der Waals surface area (Å²) in [6, 6.07) is 7.81. The molecule has 144 valence electrons. The number of hydrogen-bond acceptors (Lipinski definition) is 4. The van der Waals surface area contributed by atoms with Crippen molar-refractivity contribution in [3.05, 3.63) is 42.4 Å². The number of nitrogens with one attached hydrogen (secondary N) is 2. The number of nitrogens with zero attached hydrogens (tertiary/aromatic N) is 3. The summed E-state index contributed by atoms with van der Waals surface area (Å²) in [6.07, 6.45) is 11.3. The van der Waals surface area contributed by atoms with Crippen LogP contribution in [0.25, 0.3) is 5.82 Å². The summed E-state index contributed by atoms with van der Waals surface area (Å²) < 4.78 is 1.64. The van der Waals surface area contributed by atoms with E-state index in [1.54, 1.807) is 23.1 Å². The van der Waals surface area contributed by atoms with Crippen molar-refractivity contribution in [3.8, 4) is 5.82 Å². The summed E-state index contributed by atoms with van der Waals surface area (Å²) in [5.41, 5.74) is 0.414. The lowest BCUT2D eigenvalue weighted by Crippen LogP contribution is -2.37. The molecule has 0 saturated heterocycles. The second-order valence-electron chi connectivity index (χ2n) is 6.23. The molecule has 2 heterocycles. The first-order valence-corrected chi connectivity index (χ1v) is 8.81. The van der Waals surface area contributed by atoms with Crippen molar-refractivity contribution in [2.75, 3.05) is 13.1 Å². The lowest BCUT2D eigenvalue weighted by atomic mass is 10.1. The number of rotatable bonds is 6. The number of carbonyl (C=O) groups is 1. The first-order chi connectivity index (χ1) is 11.8. The molecule has 1 amide bonds. The molecule has 1 aliphatic rings. The van der Waals surface area contributed by atoms with Crippen LogP contribution in [0.15, 0.2) is 36.7 Å². The summed E-state index contributed by atoms with van der Waals surface area (Å²) in [5, 5.41) is 10.6. The maximum absolute atomic E-state index is 12.2. The van der Waals surface area contributed by atoms with Crippen LogP contribution in [0.3, 0.4) is 0 Å². The molecule has 0 bridgehead atoms. The molecule has 0 atom stereocenters. The van der Waals surface area contributed by atoms with E-state index in [0.29, 0.717) is 24.1 Å². The van der Waals surface area contributed by atoms with Gasteiger partial charge in [-0.2, -0.15) is 5.10 Å². The fourth-order valence-corrected chi connectivity index (χ4v) is 3.11. The Labute approximate surface area is 167 Å². The molecule has 3 rings (SSSR count). The SMILES string of the molecule is Cl.Cl.O=C(NCCNC1CCCCCC1)c1cccc(-n2cccn2)n1. The van der Waals surface area contributed by atoms with Crippen molar-refractivity contribution in [3.63, 3.8) is 0 Å². The molecular weight excluding hydrogens is 373 g/mol. The fourth-order valence-electron chi connectivity index (χ4n) is 3.11. The van der Waals surface area contributed by atoms with Gasteiger partial charge in [-0.3, -0.25) is 4.79 Å². The molecule has 1 saturated carbocycles. The second-order valence-corrected chi connectivity index (χ2v) is 6.23. The van der Waals surface area contributed by atoms with E-state index in [-0.39, 0.29) is 30.7 Å². The van der Waals surface area contributed by atoms with E-state index < -0.39 is 0 Å². The van der Waals surface area contributed by atoms with Crippen LogP contribution in [0, 0.1) is 0 Å². The van der Waals surface area contributed by atoms with Gasteiger partial charge in [0.2, 0.25) is 0 Å². The summed E-state index contributed by atoms with van der Waals surface area (Å²) in [5.74, 6) is 0.496. The van der Waals surface area contributed by atoms with Crippen LogP contribution in [-0.2, 0) is 0 Å². The molecule has 26 heavy (non-hydrogen) atoms.